The summed E-state index contributed by atoms with van der Waals surface area (Å²) in [5.41, 5.74) is 2.34. The number of hydrogen-bond donors (Lipinski definition) is 2. The van der Waals surface area contributed by atoms with Crippen LogP contribution in [-0.4, -0.2) is 45.8 Å². The monoisotopic (exact) mass is 345 g/mol. The van der Waals surface area contributed by atoms with Gasteiger partial charge >= 0.3 is 6.03 Å². The molecule has 1 saturated carbocycles. The van der Waals surface area contributed by atoms with Gasteiger partial charge in [-0.05, 0) is 25.8 Å². The first-order valence-corrected chi connectivity index (χ1v) is 8.69. The Labute approximate surface area is 145 Å². The molecular weight excluding hydrogens is 322 g/mol. The fourth-order valence-electron chi connectivity index (χ4n) is 3.81. The van der Waals surface area contributed by atoms with E-state index in [0.717, 1.165) is 36.0 Å². The van der Waals surface area contributed by atoms with Crippen LogP contribution in [0.3, 0.4) is 0 Å². The average molecular weight is 345 g/mol. The van der Waals surface area contributed by atoms with Crippen LogP contribution in [0.4, 0.5) is 10.5 Å². The molecule has 3 heterocycles. The highest BCUT2D eigenvalue weighted by molar-refractivity contribution is 5.92. The number of hydrogen-bond acceptors (Lipinski definition) is 5. The van der Waals surface area contributed by atoms with Crippen molar-refractivity contribution in [2.75, 3.05) is 18.5 Å². The quantitative estimate of drug-likeness (QED) is 0.870. The van der Waals surface area contributed by atoms with Gasteiger partial charge in [-0.2, -0.15) is 5.10 Å². The van der Waals surface area contributed by atoms with E-state index in [1.54, 1.807) is 10.9 Å². The van der Waals surface area contributed by atoms with Gasteiger partial charge in [0.15, 0.2) is 11.4 Å². The zero-order valence-electron chi connectivity index (χ0n) is 14.5. The first kappa shape index (κ1) is 16.3. The van der Waals surface area contributed by atoms with Crippen molar-refractivity contribution in [1.82, 2.24) is 20.1 Å². The largest absolute Gasteiger partial charge is 0.347 e. The number of amides is 2. The molecule has 134 valence electrons. The molecule has 4 rings (SSSR count). The molecule has 0 aromatic carbocycles. The van der Waals surface area contributed by atoms with E-state index in [1.165, 1.54) is 0 Å². The Hall–Kier alpha value is -2.19. The predicted octanol–water partition coefficient (Wildman–Crippen LogP) is 2.08. The number of ether oxygens (including phenoxy) is 2. The second-order valence-electron chi connectivity index (χ2n) is 6.80. The van der Waals surface area contributed by atoms with Crippen LogP contribution in [0.1, 0.15) is 31.4 Å². The number of nitrogens with one attached hydrogen (secondary N) is 2. The Kier molecular flexibility index (Phi) is 4.09. The van der Waals surface area contributed by atoms with Crippen molar-refractivity contribution in [2.45, 2.75) is 44.4 Å². The Bertz CT molecular complexity index is 797. The maximum Gasteiger partial charge on any atom is 0.319 e. The molecule has 2 fully saturated rings. The van der Waals surface area contributed by atoms with Gasteiger partial charge in [0.2, 0.25) is 0 Å². The summed E-state index contributed by atoms with van der Waals surface area (Å²) in [6.45, 7) is 3.20. The normalized spacial score (nSPS) is 22.4. The number of aryl methyl sites for hydroxylation is 2. The number of nitrogens with zero attached hydrogens (tertiary/aromatic N) is 3. The number of anilines is 1. The molecule has 1 aliphatic carbocycles. The average Bonchev–Trinajstić information content (AvgIpc) is 3.12. The van der Waals surface area contributed by atoms with E-state index in [4.69, 9.17) is 9.47 Å². The zero-order valence-corrected chi connectivity index (χ0v) is 14.5. The smallest absolute Gasteiger partial charge is 0.319 e. The summed E-state index contributed by atoms with van der Waals surface area (Å²) < 4.78 is 13.3. The highest BCUT2D eigenvalue weighted by Gasteiger charge is 2.41. The van der Waals surface area contributed by atoms with E-state index < -0.39 is 5.79 Å². The molecule has 25 heavy (non-hydrogen) atoms. The highest BCUT2D eigenvalue weighted by atomic mass is 16.7. The van der Waals surface area contributed by atoms with Gasteiger partial charge in [0.1, 0.15) is 0 Å². The molecule has 8 heteroatoms. The van der Waals surface area contributed by atoms with Crippen molar-refractivity contribution in [2.24, 2.45) is 7.05 Å². The van der Waals surface area contributed by atoms with Crippen LogP contribution in [0.15, 0.2) is 12.3 Å². The van der Waals surface area contributed by atoms with Crippen molar-refractivity contribution in [3.8, 4) is 0 Å². The number of fused-ring (bicyclic) bond motifs is 1. The first-order valence-electron chi connectivity index (χ1n) is 8.69. The van der Waals surface area contributed by atoms with E-state index in [0.29, 0.717) is 25.3 Å². The van der Waals surface area contributed by atoms with Crippen LogP contribution in [0.2, 0.25) is 0 Å². The highest BCUT2D eigenvalue weighted by Crippen LogP contribution is 2.35. The molecule has 1 aliphatic heterocycles. The van der Waals surface area contributed by atoms with Crippen LogP contribution in [0.5, 0.6) is 0 Å². The molecule has 0 bridgehead atoms. The van der Waals surface area contributed by atoms with Gasteiger partial charge in [-0.25, -0.2) is 9.78 Å². The van der Waals surface area contributed by atoms with E-state index in [2.05, 4.69) is 20.7 Å². The maximum atomic E-state index is 12.4. The fourth-order valence-corrected chi connectivity index (χ4v) is 3.81. The van der Waals surface area contributed by atoms with Crippen molar-refractivity contribution in [3.63, 3.8) is 0 Å². The van der Waals surface area contributed by atoms with Crippen LogP contribution in [-0.2, 0) is 16.5 Å². The summed E-state index contributed by atoms with van der Waals surface area (Å²) >= 11 is 0. The number of aromatic nitrogens is 3. The topological polar surface area (TPSA) is 90.3 Å². The molecular formula is C17H23N5O3. The van der Waals surface area contributed by atoms with Gasteiger partial charge in [0.25, 0.3) is 0 Å². The summed E-state index contributed by atoms with van der Waals surface area (Å²) in [5, 5.41) is 11.2. The molecule has 2 amide bonds. The lowest BCUT2D eigenvalue weighted by Gasteiger charge is -2.36. The summed E-state index contributed by atoms with van der Waals surface area (Å²) in [7, 11) is 1.86. The predicted molar refractivity (Wildman–Crippen MR) is 92.3 cm³/mol. The summed E-state index contributed by atoms with van der Waals surface area (Å²) in [5.74, 6) is -0.497. The molecule has 1 spiro atoms. The molecule has 2 N–H and O–H groups in total. The Morgan fingerprint density at radius 1 is 1.40 bits per heavy atom. The molecule has 0 radical (unpaired) electrons. The second-order valence-corrected chi connectivity index (χ2v) is 6.80. The third kappa shape index (κ3) is 3.19. The lowest BCUT2D eigenvalue weighted by Crippen LogP contribution is -2.47. The van der Waals surface area contributed by atoms with Crippen molar-refractivity contribution in [3.05, 3.63) is 18.0 Å². The van der Waals surface area contributed by atoms with Crippen LogP contribution in [0, 0.1) is 6.92 Å². The molecule has 1 atom stereocenters. The lowest BCUT2D eigenvalue weighted by atomic mass is 9.90. The van der Waals surface area contributed by atoms with Crippen molar-refractivity contribution in [1.29, 1.82) is 0 Å². The number of urea groups is 1. The maximum absolute atomic E-state index is 12.4. The molecule has 1 unspecified atom stereocenters. The third-order valence-corrected chi connectivity index (χ3v) is 4.94. The molecule has 2 aromatic rings. The van der Waals surface area contributed by atoms with Gasteiger partial charge in [0.05, 0.1) is 30.8 Å². The van der Waals surface area contributed by atoms with Crippen LogP contribution >= 0.6 is 0 Å². The van der Waals surface area contributed by atoms with Crippen LogP contribution < -0.4 is 10.6 Å². The lowest BCUT2D eigenvalue weighted by molar-refractivity contribution is -0.180. The Balaban J connectivity index is 1.41. The Morgan fingerprint density at radius 3 is 3.00 bits per heavy atom. The van der Waals surface area contributed by atoms with Crippen LogP contribution in [0.25, 0.3) is 11.0 Å². The number of carbonyl (C=O) groups is 1. The third-order valence-electron chi connectivity index (χ3n) is 4.94. The van der Waals surface area contributed by atoms with Gasteiger partial charge in [-0.3, -0.25) is 4.68 Å². The molecule has 8 nitrogen and oxygen atoms in total. The minimum atomic E-state index is -0.497. The summed E-state index contributed by atoms with van der Waals surface area (Å²) in [4.78, 5) is 16.7. The minimum absolute atomic E-state index is 0.0451. The van der Waals surface area contributed by atoms with E-state index in [9.17, 15) is 4.79 Å². The molecule has 2 aliphatic rings. The van der Waals surface area contributed by atoms with Gasteiger partial charge in [-0.15, -0.1) is 0 Å². The minimum Gasteiger partial charge on any atom is -0.347 e. The summed E-state index contributed by atoms with van der Waals surface area (Å²) in [6, 6.07) is 1.71. The van der Waals surface area contributed by atoms with Gasteiger partial charge < -0.3 is 20.1 Å². The van der Waals surface area contributed by atoms with Gasteiger partial charge in [0, 0.05) is 31.3 Å². The van der Waals surface area contributed by atoms with Gasteiger partial charge in [-0.1, -0.05) is 0 Å². The number of pyridine rings is 1. The van der Waals surface area contributed by atoms with Crippen molar-refractivity contribution >= 4 is 22.8 Å². The Morgan fingerprint density at radius 2 is 2.20 bits per heavy atom. The SMILES string of the molecule is Cc1nn(C)c2ncc(NC(=O)NC3CCCC4(C3)OCCO4)cc12. The molecule has 2 aromatic heterocycles. The van der Waals surface area contributed by atoms with E-state index in [1.807, 2.05) is 20.0 Å². The fraction of sp³-hybridized carbons (Fsp3) is 0.588. The van der Waals surface area contributed by atoms with E-state index in [-0.39, 0.29) is 12.1 Å². The first-order chi connectivity index (χ1) is 12.0. The standard InChI is InChI=1S/C17H23N5O3/c1-11-14-8-13(10-18-15(14)22(2)21-11)20-16(23)19-12-4-3-5-17(9-12)24-6-7-25-17/h8,10,12H,3-7,9H2,1-2H3,(H2,19,20,23). The number of carbonyl (C=O) groups excluding carboxylic acids is 1. The van der Waals surface area contributed by atoms with Crippen molar-refractivity contribution < 1.29 is 14.3 Å². The number of rotatable bonds is 2. The van der Waals surface area contributed by atoms with E-state index >= 15 is 0 Å². The molecule has 1 saturated heterocycles. The second kappa shape index (κ2) is 6.27. The zero-order chi connectivity index (χ0) is 17.4. The summed E-state index contributed by atoms with van der Waals surface area (Å²) in [6.07, 6.45) is 5.15.